The Balaban J connectivity index is 2.09. The maximum absolute atomic E-state index is 15.2. The van der Waals surface area contributed by atoms with Gasteiger partial charge in [0, 0.05) is 5.92 Å². The average Bonchev–Trinajstić information content (AvgIpc) is 3.15. The van der Waals surface area contributed by atoms with Crippen molar-refractivity contribution in [3.8, 4) is 12.3 Å². The lowest BCUT2D eigenvalue weighted by Crippen LogP contribution is -2.42. The van der Waals surface area contributed by atoms with Crippen LogP contribution < -0.4 is 5.32 Å². The summed E-state index contributed by atoms with van der Waals surface area (Å²) < 4.78 is 21.8. The smallest absolute Gasteiger partial charge is 0.243 e. The molecule has 11 heteroatoms. The van der Waals surface area contributed by atoms with E-state index in [1.165, 1.54) is 6.33 Å². The molecule has 0 aromatic carbocycles. The summed E-state index contributed by atoms with van der Waals surface area (Å²) in [4.78, 5) is 24.0. The van der Waals surface area contributed by atoms with E-state index in [9.17, 15) is 15.0 Å². The van der Waals surface area contributed by atoms with Gasteiger partial charge in [0.25, 0.3) is 0 Å². The molecule has 9 nitrogen and oxygen atoms in total. The number of nitrogens with zero attached hydrogens (tertiary/aromatic N) is 4. The first-order valence-corrected chi connectivity index (χ1v) is 8.42. The normalized spacial score (nSPS) is 27.9. The number of amides is 1. The molecule has 2 aromatic rings. The second kappa shape index (κ2) is 7.01. The van der Waals surface area contributed by atoms with Crippen molar-refractivity contribution in [2.75, 3.05) is 11.9 Å². The molecule has 4 atom stereocenters. The zero-order chi connectivity index (χ0) is 19.9. The van der Waals surface area contributed by atoms with Crippen LogP contribution in [0.15, 0.2) is 6.33 Å². The summed E-state index contributed by atoms with van der Waals surface area (Å²) in [6.45, 7) is 2.74. The van der Waals surface area contributed by atoms with E-state index < -0.39 is 30.7 Å². The van der Waals surface area contributed by atoms with Gasteiger partial charge >= 0.3 is 0 Å². The molecule has 0 radical (unpaired) electrons. The Morgan fingerprint density at radius 3 is 2.89 bits per heavy atom. The van der Waals surface area contributed by atoms with E-state index in [1.54, 1.807) is 13.8 Å². The Bertz CT molecular complexity index is 929. The van der Waals surface area contributed by atoms with Gasteiger partial charge in [-0.05, 0) is 0 Å². The maximum Gasteiger partial charge on any atom is 0.243 e. The van der Waals surface area contributed by atoms with Gasteiger partial charge in [0.2, 0.25) is 17.5 Å². The molecule has 3 rings (SSSR count). The largest absolute Gasteiger partial charge is 0.394 e. The van der Waals surface area contributed by atoms with Gasteiger partial charge in [-0.15, -0.1) is 6.42 Å². The van der Waals surface area contributed by atoms with E-state index in [0.29, 0.717) is 0 Å². The topological polar surface area (TPSA) is 122 Å². The number of carbonyl (C=O) groups is 1. The Kier molecular flexibility index (Phi) is 5.05. The van der Waals surface area contributed by atoms with Crippen LogP contribution in [-0.2, 0) is 9.53 Å². The zero-order valence-corrected chi connectivity index (χ0v) is 15.2. The minimum atomic E-state index is -2.64. The highest BCUT2D eigenvalue weighted by Crippen LogP contribution is 2.42. The zero-order valence-electron chi connectivity index (χ0n) is 14.4. The van der Waals surface area contributed by atoms with E-state index in [1.807, 2.05) is 5.92 Å². The van der Waals surface area contributed by atoms with Gasteiger partial charge in [0.15, 0.2) is 17.0 Å². The first-order valence-electron chi connectivity index (χ1n) is 8.05. The van der Waals surface area contributed by atoms with Gasteiger partial charge in [-0.3, -0.25) is 14.7 Å². The first-order chi connectivity index (χ1) is 12.7. The highest BCUT2D eigenvalue weighted by molar-refractivity contribution is 6.33. The fourth-order valence-electron chi connectivity index (χ4n) is 2.69. The Morgan fingerprint density at radius 1 is 1.59 bits per heavy atom. The van der Waals surface area contributed by atoms with Crippen molar-refractivity contribution < 1.29 is 24.1 Å². The van der Waals surface area contributed by atoms with E-state index in [-0.39, 0.29) is 34.1 Å². The standard InChI is InChI=1S/C16H17ClFN5O4/c1-4-16(18)10(25)8(5-24)27-14(16)23-6-19-9-11(17)20-15(21-12(9)23)22-13(26)7(2)3/h1,6-8,10,14,24-25H,5H2,2-3H3,(H,20,21,22,26)/t8?,10-,14-,16-/m1/s1. The van der Waals surface area contributed by atoms with Crippen LogP contribution in [0.1, 0.15) is 20.1 Å². The van der Waals surface area contributed by atoms with Crippen molar-refractivity contribution in [2.45, 2.75) is 38.0 Å². The predicted octanol–water partition coefficient (Wildman–Crippen LogP) is 0.666. The number of terminal acetylenes is 1. The number of aromatic nitrogens is 4. The number of hydrogen-bond acceptors (Lipinski definition) is 7. The van der Waals surface area contributed by atoms with Crippen LogP contribution in [0.2, 0.25) is 5.15 Å². The molecule has 0 bridgehead atoms. The quantitative estimate of drug-likeness (QED) is 0.511. The number of ether oxygens (including phenoxy) is 1. The molecule has 2 aromatic heterocycles. The van der Waals surface area contributed by atoms with Crippen LogP contribution in [0.25, 0.3) is 11.2 Å². The molecule has 0 aliphatic carbocycles. The fraction of sp³-hybridized carbons (Fsp3) is 0.500. The number of aliphatic hydroxyl groups excluding tert-OH is 2. The number of aliphatic hydroxyl groups is 2. The summed E-state index contributed by atoms with van der Waals surface area (Å²) in [5, 5.41) is 21.8. The Morgan fingerprint density at radius 2 is 2.30 bits per heavy atom. The summed E-state index contributed by atoms with van der Waals surface area (Å²) in [5.74, 6) is 1.12. The van der Waals surface area contributed by atoms with Crippen molar-refractivity contribution in [1.29, 1.82) is 0 Å². The summed E-state index contributed by atoms with van der Waals surface area (Å²) >= 11 is 6.09. The maximum atomic E-state index is 15.2. The third-order valence-electron chi connectivity index (χ3n) is 4.24. The van der Waals surface area contributed by atoms with Crippen molar-refractivity contribution in [3.63, 3.8) is 0 Å². The van der Waals surface area contributed by atoms with Gasteiger partial charge in [-0.1, -0.05) is 31.4 Å². The van der Waals surface area contributed by atoms with E-state index in [0.717, 1.165) is 4.57 Å². The number of carbonyl (C=O) groups excluding carboxylic acids is 1. The molecule has 27 heavy (non-hydrogen) atoms. The monoisotopic (exact) mass is 397 g/mol. The molecule has 1 aliphatic rings. The molecular formula is C16H17ClFN5O4. The summed E-state index contributed by atoms with van der Waals surface area (Å²) in [7, 11) is 0. The second-order valence-corrected chi connectivity index (χ2v) is 6.73. The number of fused-ring (bicyclic) bond motifs is 1. The summed E-state index contributed by atoms with van der Waals surface area (Å²) in [6, 6.07) is 0. The summed E-state index contributed by atoms with van der Waals surface area (Å²) in [6.07, 6.45) is 1.96. The van der Waals surface area contributed by atoms with Crippen LogP contribution >= 0.6 is 11.6 Å². The van der Waals surface area contributed by atoms with Crippen LogP contribution in [-0.4, -0.2) is 60.1 Å². The molecule has 0 saturated carbocycles. The Hall–Kier alpha value is -2.32. The van der Waals surface area contributed by atoms with Gasteiger partial charge in [-0.25, -0.2) is 9.37 Å². The lowest BCUT2D eigenvalue weighted by Gasteiger charge is -2.23. The Labute approximate surface area is 158 Å². The minimum Gasteiger partial charge on any atom is -0.394 e. The van der Waals surface area contributed by atoms with Crippen LogP contribution in [0.4, 0.5) is 10.3 Å². The lowest BCUT2D eigenvalue weighted by molar-refractivity contribution is -0.118. The molecule has 0 spiro atoms. The molecule has 3 N–H and O–H groups in total. The number of alkyl halides is 1. The molecule has 1 unspecified atom stereocenters. The third kappa shape index (κ3) is 3.12. The number of hydrogen-bond donors (Lipinski definition) is 3. The predicted molar refractivity (Wildman–Crippen MR) is 93.5 cm³/mol. The average molecular weight is 398 g/mol. The van der Waals surface area contributed by atoms with E-state index in [2.05, 4.69) is 20.3 Å². The van der Waals surface area contributed by atoms with Crippen LogP contribution in [0.3, 0.4) is 0 Å². The van der Waals surface area contributed by atoms with E-state index >= 15 is 4.39 Å². The molecule has 1 aliphatic heterocycles. The molecule has 144 valence electrons. The summed E-state index contributed by atoms with van der Waals surface area (Å²) in [5.41, 5.74) is -2.47. The third-order valence-corrected chi connectivity index (χ3v) is 4.50. The molecular weight excluding hydrogens is 381 g/mol. The van der Waals surface area contributed by atoms with Crippen LogP contribution in [0, 0.1) is 18.3 Å². The van der Waals surface area contributed by atoms with Crippen molar-refractivity contribution >= 4 is 34.6 Å². The van der Waals surface area contributed by atoms with Crippen LogP contribution in [0.5, 0.6) is 0 Å². The first kappa shape index (κ1) is 19.4. The van der Waals surface area contributed by atoms with Crippen molar-refractivity contribution in [2.24, 2.45) is 5.92 Å². The number of imidazole rings is 1. The SMILES string of the molecule is C#C[C@@]1(F)[C@H](O)C(CO)O[C@H]1n1cnc2c(Cl)nc(NC(=O)C(C)C)nc21. The van der Waals surface area contributed by atoms with Gasteiger partial charge < -0.3 is 14.9 Å². The molecule has 3 heterocycles. The lowest BCUT2D eigenvalue weighted by atomic mass is 9.97. The highest BCUT2D eigenvalue weighted by Gasteiger charge is 2.57. The van der Waals surface area contributed by atoms with E-state index in [4.69, 9.17) is 22.8 Å². The van der Waals surface area contributed by atoms with Crippen molar-refractivity contribution in [1.82, 2.24) is 19.5 Å². The number of halogens is 2. The number of anilines is 1. The number of nitrogens with one attached hydrogen (secondary N) is 1. The van der Waals surface area contributed by atoms with Gasteiger partial charge in [-0.2, -0.15) is 9.97 Å². The van der Waals surface area contributed by atoms with Crippen molar-refractivity contribution in [3.05, 3.63) is 11.5 Å². The van der Waals surface area contributed by atoms with Gasteiger partial charge in [0.05, 0.1) is 12.9 Å². The molecule has 1 fully saturated rings. The second-order valence-electron chi connectivity index (χ2n) is 6.37. The van der Waals surface area contributed by atoms with Gasteiger partial charge in [0.1, 0.15) is 17.7 Å². The minimum absolute atomic E-state index is 0.0436. The molecule has 1 amide bonds. The number of rotatable bonds is 4. The fourth-order valence-corrected chi connectivity index (χ4v) is 2.90. The highest BCUT2D eigenvalue weighted by atomic mass is 35.5. The molecule has 1 saturated heterocycles.